The smallest absolute Gasteiger partial charge is 0.236 e. The number of carbonyl (C=O) groups excluding carboxylic acids is 1. The Hall–Kier alpha value is -3.09. The highest BCUT2D eigenvalue weighted by Crippen LogP contribution is 2.48. The van der Waals surface area contributed by atoms with Crippen LogP contribution in [-0.4, -0.2) is 28.2 Å². The third-order valence-electron chi connectivity index (χ3n) is 6.65. The Morgan fingerprint density at radius 1 is 1.15 bits per heavy atom. The largest absolute Gasteiger partial charge is 0.467 e. The fraction of sp³-hybridized carbons (Fsp3) is 0.259. The van der Waals surface area contributed by atoms with E-state index < -0.39 is 11.6 Å². The molecule has 34 heavy (non-hydrogen) atoms. The Morgan fingerprint density at radius 3 is 2.62 bits per heavy atom. The van der Waals surface area contributed by atoms with Gasteiger partial charge in [-0.25, -0.2) is 0 Å². The lowest BCUT2D eigenvalue weighted by Crippen LogP contribution is -2.71. The summed E-state index contributed by atoms with van der Waals surface area (Å²) in [5.41, 5.74) is 2.97. The number of nitrogens with zero attached hydrogens (tertiary/aromatic N) is 1. The molecule has 1 saturated heterocycles. The van der Waals surface area contributed by atoms with Crippen molar-refractivity contribution in [2.24, 2.45) is 5.92 Å². The van der Waals surface area contributed by atoms with E-state index in [1.165, 1.54) is 5.56 Å². The Labute approximate surface area is 210 Å². The molecule has 2 N–H and O–H groups in total. The molecule has 2 heterocycles. The zero-order valence-corrected chi connectivity index (χ0v) is 20.6. The minimum atomic E-state index is -0.958. The molecule has 3 atom stereocenters. The van der Waals surface area contributed by atoms with Gasteiger partial charge in [-0.05, 0) is 68.4 Å². The van der Waals surface area contributed by atoms with E-state index in [9.17, 15) is 4.79 Å². The third kappa shape index (κ3) is 4.12. The first kappa shape index (κ1) is 22.7. The number of hydrogen-bond acceptors (Lipinski definition) is 3. The maximum Gasteiger partial charge on any atom is 0.236 e. The number of thiocarbonyl (C=S) groups is 1. The summed E-state index contributed by atoms with van der Waals surface area (Å²) in [4.78, 5) is 15.8. The standard InChI is InChI=1S/C27H26ClN3O2S/c1-17-8-13-22-21(16-17)24-23(25(32)29-20-11-9-19(28)10-12-20)27(2,33-22)31(26(34)30-24)15-14-18-6-4-3-5-7-18/h3-13,16,23-24H,14-15H2,1-2H3,(H,29,32)(H,30,34)/t23-,24-,27+/m1/s1. The Bertz CT molecular complexity index is 1230. The first-order chi connectivity index (χ1) is 16.3. The van der Waals surface area contributed by atoms with Gasteiger partial charge in [-0.1, -0.05) is 59.6 Å². The summed E-state index contributed by atoms with van der Waals surface area (Å²) in [6, 6.07) is 23.1. The van der Waals surface area contributed by atoms with Crippen LogP contribution in [0.2, 0.25) is 5.02 Å². The molecule has 2 bridgehead atoms. The minimum absolute atomic E-state index is 0.137. The molecule has 3 aromatic carbocycles. The second-order valence-electron chi connectivity index (χ2n) is 8.99. The number of amides is 1. The molecule has 3 aromatic rings. The molecule has 0 aliphatic carbocycles. The van der Waals surface area contributed by atoms with E-state index >= 15 is 0 Å². The lowest BCUT2D eigenvalue weighted by Gasteiger charge is -2.56. The number of ether oxygens (including phenoxy) is 1. The molecule has 0 aromatic heterocycles. The van der Waals surface area contributed by atoms with Gasteiger partial charge in [0.2, 0.25) is 5.91 Å². The number of benzene rings is 3. The van der Waals surface area contributed by atoms with Crippen LogP contribution >= 0.6 is 23.8 Å². The van der Waals surface area contributed by atoms with E-state index in [1.807, 2.05) is 49.1 Å². The lowest BCUT2D eigenvalue weighted by molar-refractivity contribution is -0.149. The number of halogens is 1. The van der Waals surface area contributed by atoms with Gasteiger partial charge in [0.15, 0.2) is 10.8 Å². The van der Waals surface area contributed by atoms with Crippen molar-refractivity contribution in [1.29, 1.82) is 0 Å². The van der Waals surface area contributed by atoms with Crippen LogP contribution in [-0.2, 0) is 11.2 Å². The topological polar surface area (TPSA) is 53.6 Å². The summed E-state index contributed by atoms with van der Waals surface area (Å²) in [5, 5.41) is 7.73. The first-order valence-corrected chi connectivity index (χ1v) is 12.1. The van der Waals surface area contributed by atoms with Crippen molar-refractivity contribution in [1.82, 2.24) is 10.2 Å². The van der Waals surface area contributed by atoms with Crippen molar-refractivity contribution in [3.8, 4) is 5.75 Å². The van der Waals surface area contributed by atoms with E-state index in [4.69, 9.17) is 28.6 Å². The maximum absolute atomic E-state index is 13.8. The quantitative estimate of drug-likeness (QED) is 0.462. The van der Waals surface area contributed by atoms with Crippen molar-refractivity contribution >= 4 is 40.5 Å². The number of nitrogens with one attached hydrogen (secondary N) is 2. The van der Waals surface area contributed by atoms with Crippen LogP contribution in [0.1, 0.15) is 29.7 Å². The number of hydrogen-bond donors (Lipinski definition) is 2. The molecule has 174 valence electrons. The van der Waals surface area contributed by atoms with E-state index in [1.54, 1.807) is 24.3 Å². The van der Waals surface area contributed by atoms with Crippen LogP contribution in [0.5, 0.6) is 5.75 Å². The molecular weight excluding hydrogens is 466 g/mol. The zero-order chi connectivity index (χ0) is 23.9. The van der Waals surface area contributed by atoms with Crippen LogP contribution < -0.4 is 15.4 Å². The van der Waals surface area contributed by atoms with E-state index in [0.717, 1.165) is 23.3 Å². The van der Waals surface area contributed by atoms with Crippen molar-refractivity contribution < 1.29 is 9.53 Å². The van der Waals surface area contributed by atoms with Gasteiger partial charge in [0.25, 0.3) is 0 Å². The van der Waals surface area contributed by atoms with Crippen LogP contribution in [0, 0.1) is 12.8 Å². The maximum atomic E-state index is 13.8. The predicted molar refractivity (Wildman–Crippen MR) is 139 cm³/mol. The number of aryl methyl sites for hydroxylation is 1. The zero-order valence-electron chi connectivity index (χ0n) is 19.0. The summed E-state index contributed by atoms with van der Waals surface area (Å²) < 4.78 is 6.62. The van der Waals surface area contributed by atoms with Crippen molar-refractivity contribution in [2.75, 3.05) is 11.9 Å². The first-order valence-electron chi connectivity index (χ1n) is 11.3. The van der Waals surface area contributed by atoms with Gasteiger partial charge >= 0.3 is 0 Å². The van der Waals surface area contributed by atoms with Crippen molar-refractivity contribution in [3.05, 3.63) is 94.5 Å². The van der Waals surface area contributed by atoms with Crippen LogP contribution in [0.25, 0.3) is 0 Å². The Morgan fingerprint density at radius 2 is 1.88 bits per heavy atom. The molecule has 5 nitrogen and oxygen atoms in total. The van der Waals surface area contributed by atoms with Gasteiger partial charge < -0.3 is 20.3 Å². The second kappa shape index (κ2) is 8.93. The van der Waals surface area contributed by atoms with Crippen molar-refractivity contribution in [3.63, 3.8) is 0 Å². The highest BCUT2D eigenvalue weighted by atomic mass is 35.5. The Kier molecular flexibility index (Phi) is 5.96. The summed E-state index contributed by atoms with van der Waals surface area (Å²) in [6.45, 7) is 4.61. The summed E-state index contributed by atoms with van der Waals surface area (Å²) >= 11 is 11.8. The van der Waals surface area contributed by atoms with E-state index in [-0.39, 0.29) is 11.9 Å². The lowest BCUT2D eigenvalue weighted by atomic mass is 9.78. The molecule has 0 saturated carbocycles. The fourth-order valence-corrected chi connectivity index (χ4v) is 5.46. The van der Waals surface area contributed by atoms with Crippen LogP contribution in [0.4, 0.5) is 5.69 Å². The molecule has 0 spiro atoms. The summed E-state index contributed by atoms with van der Waals surface area (Å²) in [7, 11) is 0. The average Bonchev–Trinajstić information content (AvgIpc) is 2.81. The molecule has 2 aliphatic rings. The SMILES string of the molecule is Cc1ccc2c(c1)[C@H]1NC(=S)N(CCc3ccccc3)[C@@](C)(O2)[C@H]1C(=O)Nc1ccc(Cl)cc1. The van der Waals surface area contributed by atoms with Crippen LogP contribution in [0.3, 0.4) is 0 Å². The molecule has 1 fully saturated rings. The molecule has 0 radical (unpaired) electrons. The molecule has 1 amide bonds. The summed E-state index contributed by atoms with van der Waals surface area (Å²) in [5.74, 6) is 0.0926. The van der Waals surface area contributed by atoms with Gasteiger partial charge in [0.1, 0.15) is 11.7 Å². The third-order valence-corrected chi connectivity index (χ3v) is 7.24. The van der Waals surface area contributed by atoms with Gasteiger partial charge in [-0.15, -0.1) is 0 Å². The van der Waals surface area contributed by atoms with E-state index in [0.29, 0.717) is 22.4 Å². The normalized spacial score (nSPS) is 22.9. The number of fused-ring (bicyclic) bond motifs is 4. The Balaban J connectivity index is 1.51. The van der Waals surface area contributed by atoms with Gasteiger partial charge in [0, 0.05) is 22.8 Å². The fourth-order valence-electron chi connectivity index (χ4n) is 4.93. The van der Waals surface area contributed by atoms with Crippen LogP contribution in [0.15, 0.2) is 72.8 Å². The average molecular weight is 492 g/mol. The second-order valence-corrected chi connectivity index (χ2v) is 9.81. The molecular formula is C27H26ClN3O2S. The highest BCUT2D eigenvalue weighted by Gasteiger charge is 2.58. The molecule has 0 unspecified atom stereocenters. The van der Waals surface area contributed by atoms with Gasteiger partial charge in [-0.3, -0.25) is 4.79 Å². The molecule has 7 heteroatoms. The number of carbonyl (C=O) groups is 1. The monoisotopic (exact) mass is 491 g/mol. The molecule has 5 rings (SSSR count). The van der Waals surface area contributed by atoms with Gasteiger partial charge in [0.05, 0.1) is 6.04 Å². The van der Waals surface area contributed by atoms with Gasteiger partial charge in [-0.2, -0.15) is 0 Å². The number of anilines is 1. The van der Waals surface area contributed by atoms with E-state index in [2.05, 4.69) is 28.8 Å². The van der Waals surface area contributed by atoms with Crippen molar-refractivity contribution in [2.45, 2.75) is 32.0 Å². The highest BCUT2D eigenvalue weighted by molar-refractivity contribution is 7.80. The molecule has 2 aliphatic heterocycles. The number of rotatable bonds is 5. The minimum Gasteiger partial charge on any atom is -0.467 e. The summed E-state index contributed by atoms with van der Waals surface area (Å²) in [6.07, 6.45) is 0.776. The predicted octanol–water partition coefficient (Wildman–Crippen LogP) is 5.49.